The maximum atomic E-state index is 4.29. The van der Waals surface area contributed by atoms with Gasteiger partial charge in [-0.25, -0.2) is 4.98 Å². The molecule has 0 bridgehead atoms. The molecule has 1 aliphatic heterocycles. The lowest BCUT2D eigenvalue weighted by Crippen LogP contribution is -2.18. The molecule has 2 nitrogen and oxygen atoms in total. The molecule has 1 aliphatic rings. The van der Waals surface area contributed by atoms with Crippen molar-refractivity contribution in [2.45, 2.75) is 20.3 Å². The van der Waals surface area contributed by atoms with Crippen LogP contribution in [0.4, 0.5) is 5.82 Å². The van der Waals surface area contributed by atoms with Crippen LogP contribution in [0.5, 0.6) is 0 Å². The number of nitrogens with zero attached hydrogens (tertiary/aromatic N) is 2. The van der Waals surface area contributed by atoms with Crippen molar-refractivity contribution in [2.75, 3.05) is 18.0 Å². The van der Waals surface area contributed by atoms with E-state index in [0.717, 1.165) is 5.82 Å². The summed E-state index contributed by atoms with van der Waals surface area (Å²) in [4.78, 5) is 6.62. The maximum Gasteiger partial charge on any atom is 0.128 e. The zero-order valence-corrected chi connectivity index (χ0v) is 6.53. The lowest BCUT2D eigenvalue weighted by molar-refractivity contribution is 0.938. The first-order valence-corrected chi connectivity index (χ1v) is 4.13. The number of hydrogen-bond acceptors (Lipinski definition) is 2. The van der Waals surface area contributed by atoms with Crippen LogP contribution >= 0.6 is 0 Å². The molecule has 2 heterocycles. The molecule has 0 N–H and O–H groups in total. The van der Waals surface area contributed by atoms with Gasteiger partial charge in [0.05, 0.1) is 0 Å². The molecule has 66 valence electrons. The van der Waals surface area contributed by atoms with Gasteiger partial charge in [0.2, 0.25) is 0 Å². The molecule has 0 aromatic carbocycles. The van der Waals surface area contributed by atoms with Crippen molar-refractivity contribution in [3.05, 3.63) is 24.4 Å². The van der Waals surface area contributed by atoms with Crippen LogP contribution in [0.1, 0.15) is 20.3 Å². The van der Waals surface area contributed by atoms with E-state index in [1.54, 1.807) is 0 Å². The predicted molar refractivity (Wildman–Crippen MR) is 52.4 cm³/mol. The van der Waals surface area contributed by atoms with E-state index in [2.05, 4.69) is 16.0 Å². The third-order valence-corrected chi connectivity index (χ3v) is 2.08. The minimum absolute atomic E-state index is 0. The molecule has 1 aromatic rings. The number of hydrogen-bond donors (Lipinski definition) is 0. The first-order chi connectivity index (χ1) is 5.47. The molecule has 1 fully saturated rings. The van der Waals surface area contributed by atoms with Crippen LogP contribution in [-0.2, 0) is 0 Å². The second kappa shape index (κ2) is 4.10. The SMILES string of the molecule is C.c1ccc(N2CCCC2)nc1. The van der Waals surface area contributed by atoms with Crippen molar-refractivity contribution < 1.29 is 0 Å². The minimum atomic E-state index is 0. The van der Waals surface area contributed by atoms with Crippen molar-refractivity contribution in [3.8, 4) is 0 Å². The zero-order valence-electron chi connectivity index (χ0n) is 6.53. The highest BCUT2D eigenvalue weighted by Crippen LogP contribution is 2.15. The molecule has 2 rings (SSSR count). The minimum Gasteiger partial charge on any atom is -0.357 e. The molecule has 0 saturated carbocycles. The normalized spacial score (nSPS) is 15.8. The van der Waals surface area contributed by atoms with Crippen LogP contribution in [0.15, 0.2) is 24.4 Å². The van der Waals surface area contributed by atoms with Crippen LogP contribution < -0.4 is 4.90 Å². The molecular formula is C10H16N2. The van der Waals surface area contributed by atoms with E-state index in [0.29, 0.717) is 0 Å². The fourth-order valence-electron chi connectivity index (χ4n) is 1.49. The van der Waals surface area contributed by atoms with Gasteiger partial charge in [-0.1, -0.05) is 13.5 Å². The van der Waals surface area contributed by atoms with Gasteiger partial charge in [0.25, 0.3) is 0 Å². The Kier molecular flexibility index (Phi) is 3.09. The third kappa shape index (κ3) is 1.76. The molecule has 12 heavy (non-hydrogen) atoms. The second-order valence-electron chi connectivity index (χ2n) is 2.88. The Labute approximate surface area is 74.2 Å². The Hall–Kier alpha value is -1.05. The topological polar surface area (TPSA) is 16.1 Å². The van der Waals surface area contributed by atoms with Crippen LogP contribution in [-0.4, -0.2) is 18.1 Å². The van der Waals surface area contributed by atoms with E-state index in [9.17, 15) is 0 Å². The van der Waals surface area contributed by atoms with Crippen molar-refractivity contribution in [3.63, 3.8) is 0 Å². The molecule has 0 unspecified atom stereocenters. The Balaban J connectivity index is 0.000000720. The largest absolute Gasteiger partial charge is 0.357 e. The predicted octanol–water partition coefficient (Wildman–Crippen LogP) is 2.32. The summed E-state index contributed by atoms with van der Waals surface area (Å²) >= 11 is 0. The van der Waals surface area contributed by atoms with Gasteiger partial charge in [0, 0.05) is 19.3 Å². The average molecular weight is 164 g/mol. The first kappa shape index (κ1) is 9.04. The van der Waals surface area contributed by atoms with E-state index < -0.39 is 0 Å². The van der Waals surface area contributed by atoms with Gasteiger partial charge >= 0.3 is 0 Å². The standard InChI is InChI=1S/C9H12N2.CH4/c1-2-6-10-9(5-1)11-7-3-4-8-11;/h1-2,5-6H,3-4,7-8H2;1H4. The maximum absolute atomic E-state index is 4.29. The summed E-state index contributed by atoms with van der Waals surface area (Å²) < 4.78 is 0. The highest BCUT2D eigenvalue weighted by atomic mass is 15.2. The molecule has 0 spiro atoms. The van der Waals surface area contributed by atoms with Gasteiger partial charge in [-0.15, -0.1) is 0 Å². The summed E-state index contributed by atoms with van der Waals surface area (Å²) in [5.74, 6) is 1.13. The van der Waals surface area contributed by atoms with Crippen LogP contribution in [0.2, 0.25) is 0 Å². The summed E-state index contributed by atoms with van der Waals surface area (Å²) in [6.45, 7) is 2.36. The fraction of sp³-hybridized carbons (Fsp3) is 0.500. The molecular weight excluding hydrogens is 148 g/mol. The van der Waals surface area contributed by atoms with Gasteiger partial charge in [0.15, 0.2) is 0 Å². The fourth-order valence-corrected chi connectivity index (χ4v) is 1.49. The Morgan fingerprint density at radius 3 is 2.50 bits per heavy atom. The zero-order chi connectivity index (χ0) is 7.52. The number of rotatable bonds is 1. The van der Waals surface area contributed by atoms with Gasteiger partial charge in [-0.2, -0.15) is 0 Å². The van der Waals surface area contributed by atoms with Crippen molar-refractivity contribution in [2.24, 2.45) is 0 Å². The van der Waals surface area contributed by atoms with Gasteiger partial charge < -0.3 is 4.90 Å². The molecule has 0 radical (unpaired) electrons. The quantitative estimate of drug-likeness (QED) is 0.633. The van der Waals surface area contributed by atoms with Gasteiger partial charge in [0.1, 0.15) is 5.82 Å². The van der Waals surface area contributed by atoms with Crippen molar-refractivity contribution in [1.82, 2.24) is 4.98 Å². The Morgan fingerprint density at radius 1 is 1.17 bits per heavy atom. The number of anilines is 1. The highest BCUT2D eigenvalue weighted by molar-refractivity contribution is 5.38. The lowest BCUT2D eigenvalue weighted by Gasteiger charge is -2.14. The van der Waals surface area contributed by atoms with Crippen molar-refractivity contribution in [1.29, 1.82) is 0 Å². The number of pyridine rings is 1. The van der Waals surface area contributed by atoms with Crippen LogP contribution in [0.25, 0.3) is 0 Å². The molecule has 0 atom stereocenters. The smallest absolute Gasteiger partial charge is 0.128 e. The molecule has 1 aromatic heterocycles. The third-order valence-electron chi connectivity index (χ3n) is 2.08. The van der Waals surface area contributed by atoms with Crippen LogP contribution in [0.3, 0.4) is 0 Å². The van der Waals surface area contributed by atoms with E-state index in [4.69, 9.17) is 0 Å². The average Bonchev–Trinajstić information content (AvgIpc) is 2.58. The van der Waals surface area contributed by atoms with Gasteiger partial charge in [-0.3, -0.25) is 0 Å². The summed E-state index contributed by atoms with van der Waals surface area (Å²) in [5.41, 5.74) is 0. The summed E-state index contributed by atoms with van der Waals surface area (Å²) in [6.07, 6.45) is 4.49. The Morgan fingerprint density at radius 2 is 1.92 bits per heavy atom. The molecule has 1 saturated heterocycles. The highest BCUT2D eigenvalue weighted by Gasteiger charge is 2.11. The monoisotopic (exact) mass is 164 g/mol. The molecule has 0 aliphatic carbocycles. The summed E-state index contributed by atoms with van der Waals surface area (Å²) in [7, 11) is 0. The molecule has 2 heteroatoms. The van der Waals surface area contributed by atoms with E-state index in [1.165, 1.54) is 25.9 Å². The van der Waals surface area contributed by atoms with E-state index >= 15 is 0 Å². The molecule has 0 amide bonds. The number of aromatic nitrogens is 1. The summed E-state index contributed by atoms with van der Waals surface area (Å²) in [6, 6.07) is 6.07. The van der Waals surface area contributed by atoms with Crippen LogP contribution in [0, 0.1) is 0 Å². The second-order valence-corrected chi connectivity index (χ2v) is 2.88. The van der Waals surface area contributed by atoms with E-state index in [1.807, 2.05) is 18.3 Å². The Bertz CT molecular complexity index is 215. The first-order valence-electron chi connectivity index (χ1n) is 4.13. The van der Waals surface area contributed by atoms with Gasteiger partial charge in [-0.05, 0) is 25.0 Å². The lowest BCUT2D eigenvalue weighted by atomic mass is 10.4. The van der Waals surface area contributed by atoms with Crippen molar-refractivity contribution >= 4 is 5.82 Å². The summed E-state index contributed by atoms with van der Waals surface area (Å²) in [5, 5.41) is 0. The van der Waals surface area contributed by atoms with E-state index in [-0.39, 0.29) is 7.43 Å².